The number of halogens is 1. The summed E-state index contributed by atoms with van der Waals surface area (Å²) in [5.74, 6) is 0. The smallest absolute Gasteiger partial charge is 0.209 e. The largest absolute Gasteiger partial charge is 0.321 e. The van der Waals surface area contributed by atoms with Crippen LogP contribution < -0.4 is 5.73 Å². The molecule has 2 aromatic heterocycles. The molecule has 0 saturated carbocycles. The van der Waals surface area contributed by atoms with Crippen molar-refractivity contribution in [3.63, 3.8) is 0 Å². The van der Waals surface area contributed by atoms with E-state index in [0.29, 0.717) is 17.0 Å². The third-order valence-electron chi connectivity index (χ3n) is 4.69. The normalized spacial score (nSPS) is 14.0. The maximum atomic E-state index is 12.0. The number of nitrogens with zero attached hydrogens (tertiary/aromatic N) is 3. The van der Waals surface area contributed by atoms with E-state index < -0.39 is 40.9 Å². The quantitative estimate of drug-likeness (QED) is 0.440. The monoisotopic (exact) mass is 606 g/mol. The molecule has 0 aliphatic heterocycles. The van der Waals surface area contributed by atoms with Crippen molar-refractivity contribution in [2.45, 2.75) is 79.8 Å². The highest BCUT2D eigenvalue weighted by molar-refractivity contribution is 7.93. The molecule has 2 heterocycles. The summed E-state index contributed by atoms with van der Waals surface area (Å²) >= 11 is 2.23. The van der Waals surface area contributed by atoms with Crippen molar-refractivity contribution >= 4 is 71.5 Å². The van der Waals surface area contributed by atoms with Gasteiger partial charge in [-0.3, -0.25) is 0 Å². The highest BCUT2D eigenvalue weighted by Crippen LogP contribution is 2.31. The summed E-state index contributed by atoms with van der Waals surface area (Å²) in [6.45, 7) is 11.4. The first-order chi connectivity index (χ1) is 15.4. The number of sulfone groups is 2. The van der Waals surface area contributed by atoms with E-state index >= 15 is 0 Å². The van der Waals surface area contributed by atoms with Gasteiger partial charge in [-0.25, -0.2) is 31.0 Å². The van der Waals surface area contributed by atoms with Crippen LogP contribution in [0.1, 0.15) is 70.6 Å². The van der Waals surface area contributed by atoms with Crippen LogP contribution >= 0.6 is 35.1 Å². The van der Waals surface area contributed by atoms with E-state index in [4.69, 9.17) is 5.73 Å². The number of hydrogen-bond donors (Lipinski definition) is 1. The molecule has 0 fully saturated rings. The molecule has 2 rings (SSSR count). The Morgan fingerprint density at radius 1 is 0.971 bits per heavy atom. The van der Waals surface area contributed by atoms with Gasteiger partial charge in [-0.2, -0.15) is 4.40 Å². The van der Waals surface area contributed by atoms with Gasteiger partial charge >= 0.3 is 0 Å². The minimum atomic E-state index is -3.30. The first kappa shape index (κ1) is 34.2. The molecule has 0 aromatic carbocycles. The average Bonchev–Trinajstić information content (AvgIpc) is 3.40. The van der Waals surface area contributed by atoms with Gasteiger partial charge < -0.3 is 5.73 Å². The predicted molar refractivity (Wildman–Crippen MR) is 149 cm³/mol. The number of nitrogens with two attached hydrogens (primary N) is 1. The number of rotatable bonds is 8. The van der Waals surface area contributed by atoms with Crippen LogP contribution in [-0.2, 0) is 36.2 Å². The second-order valence-electron chi connectivity index (χ2n) is 8.64. The minimum Gasteiger partial charge on any atom is -0.321 e. The highest BCUT2D eigenvalue weighted by Gasteiger charge is 2.27. The Kier molecular flexibility index (Phi) is 12.9. The molecule has 0 spiro atoms. The van der Waals surface area contributed by atoms with Crippen molar-refractivity contribution in [3.8, 4) is 0 Å². The Labute approximate surface area is 225 Å². The third-order valence-corrected chi connectivity index (χ3v) is 11.8. The van der Waals surface area contributed by atoms with Gasteiger partial charge in [0.2, 0.25) is 28.4 Å². The predicted octanol–water partition coefficient (Wildman–Crippen LogP) is 4.15. The van der Waals surface area contributed by atoms with Crippen LogP contribution in [0, 0.1) is 0 Å². The molecule has 0 saturated heterocycles. The van der Waals surface area contributed by atoms with Crippen molar-refractivity contribution in [2.24, 2.45) is 10.1 Å². The molecule has 2 N–H and O–H groups in total. The molecule has 0 aliphatic rings. The molecule has 9 nitrogen and oxygen atoms in total. The molecule has 0 aliphatic carbocycles. The van der Waals surface area contributed by atoms with E-state index in [-0.39, 0.29) is 21.1 Å². The van der Waals surface area contributed by atoms with Crippen LogP contribution in [0.5, 0.6) is 0 Å². The van der Waals surface area contributed by atoms with E-state index in [9.17, 15) is 21.0 Å². The minimum absolute atomic E-state index is 0. The topological polar surface area (TPSA) is 150 Å². The van der Waals surface area contributed by atoms with Crippen LogP contribution in [0.3, 0.4) is 0 Å². The maximum Gasteiger partial charge on any atom is 0.209 e. The van der Waals surface area contributed by atoms with Crippen LogP contribution in [0.2, 0.25) is 0 Å². The summed E-state index contributed by atoms with van der Waals surface area (Å²) in [4.78, 5) is 9.27. The Hall–Kier alpha value is -0.770. The van der Waals surface area contributed by atoms with Gasteiger partial charge in [-0.1, -0.05) is 20.8 Å². The lowest BCUT2D eigenvalue weighted by Gasteiger charge is -2.24. The molecule has 202 valence electrons. The summed E-state index contributed by atoms with van der Waals surface area (Å²) < 4.78 is 61.3. The first-order valence-corrected chi connectivity index (χ1v) is 17.0. The molecule has 0 amide bonds. The van der Waals surface area contributed by atoms with Gasteiger partial charge in [-0.05, 0) is 40.0 Å². The first-order valence-electron chi connectivity index (χ1n) is 10.5. The summed E-state index contributed by atoms with van der Waals surface area (Å²) in [7, 11) is -7.87. The Balaban J connectivity index is 0.000000659. The lowest BCUT2D eigenvalue weighted by molar-refractivity contribution is 0.420. The fourth-order valence-electron chi connectivity index (χ4n) is 2.34. The second kappa shape index (κ2) is 13.2. The molecule has 2 aromatic rings. The van der Waals surface area contributed by atoms with Crippen LogP contribution in [0.25, 0.3) is 0 Å². The Morgan fingerprint density at radius 3 is 1.77 bits per heavy atom. The fourth-order valence-corrected chi connectivity index (χ4v) is 6.94. The zero-order chi connectivity index (χ0) is 26.5. The lowest BCUT2D eigenvalue weighted by Crippen LogP contribution is -2.34. The van der Waals surface area contributed by atoms with E-state index in [0.717, 1.165) is 41.6 Å². The van der Waals surface area contributed by atoms with Gasteiger partial charge in [0.1, 0.15) is 11.0 Å². The van der Waals surface area contributed by atoms with E-state index in [1.54, 1.807) is 6.20 Å². The molecule has 0 bridgehead atoms. The van der Waals surface area contributed by atoms with Crippen molar-refractivity contribution in [1.82, 2.24) is 9.97 Å². The second-order valence-corrected chi connectivity index (χ2v) is 17.0. The molecular weight excluding hydrogens is 572 g/mol. The molecule has 35 heavy (non-hydrogen) atoms. The van der Waals surface area contributed by atoms with E-state index in [1.165, 1.54) is 17.5 Å². The number of hydrogen-bond acceptors (Lipinski definition) is 10. The van der Waals surface area contributed by atoms with Crippen molar-refractivity contribution in [1.29, 1.82) is 0 Å². The molecular formula is C20H35ClN4O5S5. The van der Waals surface area contributed by atoms with E-state index in [2.05, 4.69) is 14.4 Å². The number of thiazole rings is 2. The lowest BCUT2D eigenvalue weighted by atomic mass is 9.93. The van der Waals surface area contributed by atoms with Crippen molar-refractivity contribution < 1.29 is 21.0 Å². The highest BCUT2D eigenvalue weighted by atomic mass is 35.5. The summed E-state index contributed by atoms with van der Waals surface area (Å²) in [5, 5.41) is 0. The van der Waals surface area contributed by atoms with Crippen molar-refractivity contribution in [2.75, 3.05) is 12.5 Å². The van der Waals surface area contributed by atoms with Gasteiger partial charge in [0.15, 0.2) is 0 Å². The standard InChI is InChI=1S/C11H18N2O3S3.C9H16N2O2S2.ClH/c1-6-8(13-18(14)11(2,3)4)9-7-12-10(17-9)19(5,15)16;1-4-9(10,5-2)7-6-11-8(14-7)15(3,12)13;/h7H,6H2,1-5H3;6H,4-5,10H2,1-3H3;1H/t18-;;/m1../s1. The molecule has 0 unspecified atom stereocenters. The van der Waals surface area contributed by atoms with Crippen LogP contribution in [0.15, 0.2) is 25.5 Å². The summed E-state index contributed by atoms with van der Waals surface area (Å²) in [6.07, 6.45) is 7.45. The van der Waals surface area contributed by atoms with E-state index in [1.807, 2.05) is 41.5 Å². The SMILES string of the molecule is CCC(=N[S@](=O)C(C)(C)C)c1cnc(S(C)(=O)=O)s1.CCC(N)(CC)c1cnc(S(C)(=O)=O)s1.Cl. The zero-order valence-corrected chi connectivity index (χ0v) is 26.1. The summed E-state index contributed by atoms with van der Waals surface area (Å²) in [5.41, 5.74) is 6.33. The average molecular weight is 607 g/mol. The molecule has 1 atom stereocenters. The third kappa shape index (κ3) is 9.90. The van der Waals surface area contributed by atoms with Gasteiger partial charge in [-0.15, -0.1) is 35.1 Å². The van der Waals surface area contributed by atoms with Gasteiger partial charge in [0.25, 0.3) is 0 Å². The Morgan fingerprint density at radius 2 is 1.43 bits per heavy atom. The van der Waals surface area contributed by atoms with Crippen LogP contribution in [0.4, 0.5) is 0 Å². The Bertz CT molecular complexity index is 1240. The van der Waals surface area contributed by atoms with Gasteiger partial charge in [0.05, 0.1) is 20.9 Å². The summed E-state index contributed by atoms with van der Waals surface area (Å²) in [6, 6.07) is 0. The fraction of sp³-hybridized carbons (Fsp3) is 0.650. The molecule has 0 radical (unpaired) electrons. The van der Waals surface area contributed by atoms with Gasteiger partial charge in [0, 0.05) is 29.8 Å². The zero-order valence-electron chi connectivity index (χ0n) is 21.2. The maximum absolute atomic E-state index is 12.0. The van der Waals surface area contributed by atoms with Crippen LogP contribution in [-0.4, -0.2) is 54.0 Å². The number of aromatic nitrogens is 2. The van der Waals surface area contributed by atoms with Crippen molar-refractivity contribution in [3.05, 3.63) is 22.1 Å². The molecule has 15 heteroatoms.